The van der Waals surface area contributed by atoms with Crippen LogP contribution in [-0.2, 0) is 0 Å². The second-order valence-corrected chi connectivity index (χ2v) is 6.28. The maximum Gasteiger partial charge on any atom is 0.0217 e. The third kappa shape index (κ3) is 0.668. The molecule has 6 unspecified atom stereocenters. The van der Waals surface area contributed by atoms with Gasteiger partial charge in [0, 0.05) is 17.8 Å². The van der Waals surface area contributed by atoms with Crippen LogP contribution in [0.2, 0.25) is 0 Å². The van der Waals surface area contributed by atoms with E-state index < -0.39 is 0 Å². The highest BCUT2D eigenvalue weighted by atomic mass is 14.8. The lowest BCUT2D eigenvalue weighted by Crippen LogP contribution is -2.27. The molecule has 3 saturated carbocycles. The highest BCUT2D eigenvalue weighted by Gasteiger charge is 2.61. The Morgan fingerprint density at radius 1 is 1.00 bits per heavy atom. The first-order valence-electron chi connectivity index (χ1n) is 6.60. The standard InChI is InChI=1S/C14H17N/c1-2-8-5-7(1)12-10-6-11(13(8)12)14-9(10)3-4-15-14/h3-4,7-8,10-13,15H,1-2,5-6H2. The fourth-order valence-electron chi connectivity index (χ4n) is 5.85. The van der Waals surface area contributed by atoms with E-state index in [0.717, 1.165) is 35.5 Å². The van der Waals surface area contributed by atoms with Crippen molar-refractivity contribution in [2.75, 3.05) is 0 Å². The van der Waals surface area contributed by atoms with Gasteiger partial charge in [0.25, 0.3) is 0 Å². The van der Waals surface area contributed by atoms with E-state index in [1.54, 1.807) is 30.5 Å². The summed E-state index contributed by atoms with van der Waals surface area (Å²) >= 11 is 0. The van der Waals surface area contributed by atoms with Crippen molar-refractivity contribution < 1.29 is 0 Å². The smallest absolute Gasteiger partial charge is 0.0217 e. The van der Waals surface area contributed by atoms with Gasteiger partial charge in [0.1, 0.15) is 0 Å². The summed E-state index contributed by atoms with van der Waals surface area (Å²) in [5.41, 5.74) is 3.34. The third-order valence-electron chi connectivity index (χ3n) is 6.07. The molecule has 78 valence electrons. The molecule has 0 saturated heterocycles. The van der Waals surface area contributed by atoms with Gasteiger partial charge in [-0.15, -0.1) is 0 Å². The van der Waals surface area contributed by atoms with Crippen LogP contribution in [-0.4, -0.2) is 4.98 Å². The zero-order chi connectivity index (χ0) is 9.57. The van der Waals surface area contributed by atoms with Gasteiger partial charge in [-0.2, -0.15) is 0 Å². The molecular formula is C14H17N. The van der Waals surface area contributed by atoms with E-state index in [0.29, 0.717) is 0 Å². The minimum atomic E-state index is 0.931. The molecule has 1 aromatic rings. The molecule has 3 fully saturated rings. The molecule has 1 heterocycles. The third-order valence-corrected chi connectivity index (χ3v) is 6.07. The predicted octanol–water partition coefficient (Wildman–Crippen LogP) is 3.26. The van der Waals surface area contributed by atoms with Crippen molar-refractivity contribution in [3.05, 3.63) is 23.5 Å². The van der Waals surface area contributed by atoms with Crippen LogP contribution in [0.3, 0.4) is 0 Å². The molecular weight excluding hydrogens is 182 g/mol. The summed E-state index contributed by atoms with van der Waals surface area (Å²) in [6.45, 7) is 0. The van der Waals surface area contributed by atoms with E-state index in [-0.39, 0.29) is 0 Å². The minimum absolute atomic E-state index is 0.931. The average Bonchev–Trinajstić information content (AvgIpc) is 3.03. The molecule has 0 radical (unpaired) electrons. The number of fused-ring (bicyclic) bond motifs is 12. The molecule has 0 aromatic carbocycles. The average molecular weight is 199 g/mol. The van der Waals surface area contributed by atoms with Crippen molar-refractivity contribution in [1.82, 2.24) is 4.98 Å². The lowest BCUT2D eigenvalue weighted by atomic mass is 9.70. The summed E-state index contributed by atoms with van der Waals surface area (Å²) in [5, 5.41) is 0. The second kappa shape index (κ2) is 2.18. The summed E-state index contributed by atoms with van der Waals surface area (Å²) < 4.78 is 0. The minimum Gasteiger partial charge on any atom is -0.365 e. The molecule has 15 heavy (non-hydrogen) atoms. The summed E-state index contributed by atoms with van der Waals surface area (Å²) in [7, 11) is 0. The van der Waals surface area contributed by atoms with Crippen molar-refractivity contribution in [1.29, 1.82) is 0 Å². The van der Waals surface area contributed by atoms with E-state index in [1.165, 1.54) is 6.42 Å². The largest absolute Gasteiger partial charge is 0.365 e. The summed E-state index contributed by atoms with van der Waals surface area (Å²) in [5.74, 6) is 6.28. The molecule has 0 spiro atoms. The maximum atomic E-state index is 3.52. The first-order chi connectivity index (χ1) is 7.43. The normalized spacial score (nSPS) is 53.6. The van der Waals surface area contributed by atoms with E-state index in [1.807, 2.05) is 0 Å². The molecule has 1 aromatic heterocycles. The van der Waals surface area contributed by atoms with Gasteiger partial charge in [-0.3, -0.25) is 0 Å². The Labute approximate surface area is 90.3 Å². The molecule has 0 amide bonds. The lowest BCUT2D eigenvalue weighted by molar-refractivity contribution is 0.217. The monoisotopic (exact) mass is 199 g/mol. The molecule has 1 N–H and O–H groups in total. The van der Waals surface area contributed by atoms with Crippen LogP contribution in [0.4, 0.5) is 0 Å². The van der Waals surface area contributed by atoms with E-state index in [2.05, 4.69) is 17.2 Å². The molecule has 4 aliphatic carbocycles. The Morgan fingerprint density at radius 2 is 1.80 bits per heavy atom. The molecule has 1 heteroatoms. The van der Waals surface area contributed by atoms with Gasteiger partial charge in [-0.25, -0.2) is 0 Å². The van der Waals surface area contributed by atoms with Gasteiger partial charge >= 0.3 is 0 Å². The molecule has 1 nitrogen and oxygen atoms in total. The summed E-state index contributed by atoms with van der Waals surface area (Å²) in [6, 6.07) is 2.36. The van der Waals surface area contributed by atoms with E-state index in [4.69, 9.17) is 0 Å². The molecule has 4 aliphatic rings. The van der Waals surface area contributed by atoms with E-state index >= 15 is 0 Å². The van der Waals surface area contributed by atoms with Crippen molar-refractivity contribution in [3.63, 3.8) is 0 Å². The van der Waals surface area contributed by atoms with Gasteiger partial charge in [-0.05, 0) is 66.9 Å². The maximum absolute atomic E-state index is 3.52. The predicted molar refractivity (Wildman–Crippen MR) is 58.7 cm³/mol. The van der Waals surface area contributed by atoms with Crippen LogP contribution in [0.15, 0.2) is 12.3 Å². The number of aromatic amines is 1. The van der Waals surface area contributed by atoms with Crippen LogP contribution in [0.25, 0.3) is 0 Å². The first-order valence-corrected chi connectivity index (χ1v) is 6.60. The number of nitrogens with one attached hydrogen (secondary N) is 1. The quantitative estimate of drug-likeness (QED) is 0.617. The number of rotatable bonds is 0. The van der Waals surface area contributed by atoms with Crippen LogP contribution in [0.1, 0.15) is 48.8 Å². The Bertz CT molecular complexity index is 396. The molecule has 5 rings (SSSR count). The first kappa shape index (κ1) is 7.54. The van der Waals surface area contributed by atoms with Crippen molar-refractivity contribution >= 4 is 0 Å². The Morgan fingerprint density at radius 3 is 2.67 bits per heavy atom. The molecule has 4 bridgehead atoms. The van der Waals surface area contributed by atoms with Gasteiger partial charge in [0.05, 0.1) is 0 Å². The van der Waals surface area contributed by atoms with Crippen molar-refractivity contribution in [2.24, 2.45) is 23.7 Å². The van der Waals surface area contributed by atoms with Crippen LogP contribution < -0.4 is 0 Å². The van der Waals surface area contributed by atoms with Crippen molar-refractivity contribution in [2.45, 2.75) is 37.5 Å². The Hall–Kier alpha value is -0.720. The Balaban J connectivity index is 1.72. The van der Waals surface area contributed by atoms with Gasteiger partial charge < -0.3 is 4.98 Å². The van der Waals surface area contributed by atoms with Crippen molar-refractivity contribution in [3.8, 4) is 0 Å². The zero-order valence-corrected chi connectivity index (χ0v) is 8.95. The summed E-state index contributed by atoms with van der Waals surface area (Å²) in [6.07, 6.45) is 8.34. The number of aromatic nitrogens is 1. The van der Waals surface area contributed by atoms with Gasteiger partial charge in [0.15, 0.2) is 0 Å². The SMILES string of the molecule is c1cc2c([nH]1)C1CC2C2C3CCC(C3)C12. The fraction of sp³-hybridized carbons (Fsp3) is 0.714. The second-order valence-electron chi connectivity index (χ2n) is 6.28. The highest BCUT2D eigenvalue weighted by Crippen LogP contribution is 2.71. The van der Waals surface area contributed by atoms with Gasteiger partial charge in [-0.1, -0.05) is 0 Å². The van der Waals surface area contributed by atoms with Gasteiger partial charge in [0.2, 0.25) is 0 Å². The van der Waals surface area contributed by atoms with Crippen LogP contribution >= 0.6 is 0 Å². The number of H-pyrrole nitrogens is 1. The summed E-state index contributed by atoms with van der Waals surface area (Å²) in [4.78, 5) is 3.52. The molecule has 6 atom stereocenters. The zero-order valence-electron chi connectivity index (χ0n) is 8.95. The van der Waals surface area contributed by atoms with Crippen LogP contribution in [0, 0.1) is 23.7 Å². The van der Waals surface area contributed by atoms with E-state index in [9.17, 15) is 0 Å². The van der Waals surface area contributed by atoms with Crippen LogP contribution in [0.5, 0.6) is 0 Å². The number of hydrogen-bond donors (Lipinski definition) is 1. The fourth-order valence-corrected chi connectivity index (χ4v) is 5.85. The Kier molecular flexibility index (Phi) is 1.10. The molecule has 0 aliphatic heterocycles. The lowest BCUT2D eigenvalue weighted by Gasteiger charge is -2.34. The topological polar surface area (TPSA) is 15.8 Å². The highest BCUT2D eigenvalue weighted by molar-refractivity contribution is 5.41. The number of hydrogen-bond acceptors (Lipinski definition) is 0.